The number of carbonyl (C=O) groups excluding carboxylic acids is 1. The lowest BCUT2D eigenvalue weighted by molar-refractivity contribution is -0.129. The summed E-state index contributed by atoms with van der Waals surface area (Å²) >= 11 is 0. The van der Waals surface area contributed by atoms with E-state index < -0.39 is 0 Å². The van der Waals surface area contributed by atoms with Gasteiger partial charge in [-0.2, -0.15) is 0 Å². The van der Waals surface area contributed by atoms with Gasteiger partial charge in [0.05, 0.1) is 13.2 Å². The number of rotatable bonds is 7. The van der Waals surface area contributed by atoms with Crippen molar-refractivity contribution in [3.8, 4) is 0 Å². The number of amides is 1. The molecule has 0 aliphatic rings. The van der Waals surface area contributed by atoms with E-state index in [0.717, 1.165) is 12.1 Å². The van der Waals surface area contributed by atoms with E-state index in [1.807, 2.05) is 39.1 Å². The van der Waals surface area contributed by atoms with Gasteiger partial charge in [0.2, 0.25) is 5.91 Å². The Bertz CT molecular complexity index is 405. The van der Waals surface area contributed by atoms with Crippen LogP contribution < -0.4 is 5.32 Å². The van der Waals surface area contributed by atoms with Crippen molar-refractivity contribution in [1.29, 1.82) is 0 Å². The normalized spacial score (nSPS) is 10.6. The molecular formula is C15H24N2O2. The number of hydrogen-bond donors (Lipinski definition) is 1. The Morgan fingerprint density at radius 1 is 1.37 bits per heavy atom. The van der Waals surface area contributed by atoms with Gasteiger partial charge in [0, 0.05) is 25.9 Å². The molecule has 4 nitrogen and oxygen atoms in total. The van der Waals surface area contributed by atoms with Crippen LogP contribution in [0.5, 0.6) is 0 Å². The molecule has 106 valence electrons. The van der Waals surface area contributed by atoms with E-state index in [9.17, 15) is 4.79 Å². The smallest absolute Gasteiger partial charge is 0.241 e. The monoisotopic (exact) mass is 264 g/mol. The maximum atomic E-state index is 11.9. The van der Waals surface area contributed by atoms with Crippen LogP contribution in [-0.4, -0.2) is 44.2 Å². The molecule has 4 heteroatoms. The van der Waals surface area contributed by atoms with Gasteiger partial charge in [0.25, 0.3) is 0 Å². The highest BCUT2D eigenvalue weighted by atomic mass is 16.5. The number of nitrogens with zero attached hydrogens (tertiary/aromatic N) is 1. The summed E-state index contributed by atoms with van der Waals surface area (Å²) in [6.45, 7) is 5.01. The summed E-state index contributed by atoms with van der Waals surface area (Å²) in [5.41, 5.74) is 2.18. The maximum Gasteiger partial charge on any atom is 0.241 e. The third-order valence-electron chi connectivity index (χ3n) is 3.19. The molecule has 0 atom stereocenters. The van der Waals surface area contributed by atoms with Gasteiger partial charge in [-0.25, -0.2) is 0 Å². The summed E-state index contributed by atoms with van der Waals surface area (Å²) in [5, 5.41) is 3.21. The molecule has 1 rings (SSSR count). The molecule has 0 heterocycles. The molecule has 0 spiro atoms. The van der Waals surface area contributed by atoms with Gasteiger partial charge in [-0.15, -0.1) is 0 Å². The van der Waals surface area contributed by atoms with E-state index in [-0.39, 0.29) is 11.9 Å². The van der Waals surface area contributed by atoms with Crippen molar-refractivity contribution >= 4 is 11.6 Å². The third kappa shape index (κ3) is 4.91. The number of benzene rings is 1. The van der Waals surface area contributed by atoms with Crippen molar-refractivity contribution < 1.29 is 9.53 Å². The third-order valence-corrected chi connectivity index (χ3v) is 3.19. The largest absolute Gasteiger partial charge is 0.384 e. The van der Waals surface area contributed by atoms with Crippen molar-refractivity contribution in [2.24, 2.45) is 0 Å². The first kappa shape index (κ1) is 15.5. The van der Waals surface area contributed by atoms with Crippen LogP contribution in [0.1, 0.15) is 19.4 Å². The van der Waals surface area contributed by atoms with E-state index in [1.165, 1.54) is 5.56 Å². The number of para-hydroxylation sites is 1. The minimum absolute atomic E-state index is 0.0940. The fourth-order valence-corrected chi connectivity index (χ4v) is 1.71. The van der Waals surface area contributed by atoms with Gasteiger partial charge in [0.1, 0.15) is 0 Å². The molecule has 1 amide bonds. The molecule has 0 fully saturated rings. The number of hydrogen-bond acceptors (Lipinski definition) is 3. The van der Waals surface area contributed by atoms with E-state index in [2.05, 4.69) is 11.4 Å². The lowest BCUT2D eigenvalue weighted by atomic mass is 10.1. The molecular weight excluding hydrogens is 240 g/mol. The Hall–Kier alpha value is -1.55. The van der Waals surface area contributed by atoms with Gasteiger partial charge in [-0.3, -0.25) is 4.79 Å². The first-order chi connectivity index (χ1) is 9.06. The first-order valence-corrected chi connectivity index (χ1v) is 6.62. The molecule has 0 radical (unpaired) electrons. The van der Waals surface area contributed by atoms with Gasteiger partial charge >= 0.3 is 0 Å². The number of anilines is 1. The molecule has 1 aromatic carbocycles. The molecule has 1 aromatic rings. The molecule has 0 unspecified atom stereocenters. The second-order valence-corrected chi connectivity index (χ2v) is 4.85. The SMILES string of the molecule is COCCc1ccccc1NCC(=O)N(C)C(C)C. The average Bonchev–Trinajstić information content (AvgIpc) is 2.42. The Morgan fingerprint density at radius 3 is 2.68 bits per heavy atom. The second-order valence-electron chi connectivity index (χ2n) is 4.85. The quantitative estimate of drug-likeness (QED) is 0.820. The fraction of sp³-hybridized carbons (Fsp3) is 0.533. The number of likely N-dealkylation sites (N-methyl/N-ethyl adjacent to an activating group) is 1. The summed E-state index contributed by atoms with van der Waals surface area (Å²) in [6, 6.07) is 8.23. The van der Waals surface area contributed by atoms with Gasteiger partial charge in [0.15, 0.2) is 0 Å². The van der Waals surface area contributed by atoms with Crippen LogP contribution in [0.25, 0.3) is 0 Å². The summed E-state index contributed by atoms with van der Waals surface area (Å²) < 4.78 is 5.09. The molecule has 0 saturated heterocycles. The zero-order valence-electron chi connectivity index (χ0n) is 12.3. The van der Waals surface area contributed by atoms with Crippen molar-refractivity contribution in [2.45, 2.75) is 26.3 Å². The zero-order valence-corrected chi connectivity index (χ0v) is 12.3. The standard InChI is InChI=1S/C15H24N2O2/c1-12(2)17(3)15(18)11-16-14-8-6-5-7-13(14)9-10-19-4/h5-8,12,16H,9-11H2,1-4H3. The molecule has 0 aliphatic heterocycles. The predicted molar refractivity (Wildman–Crippen MR) is 78.4 cm³/mol. The molecule has 0 saturated carbocycles. The summed E-state index contributed by atoms with van der Waals surface area (Å²) in [7, 11) is 3.52. The van der Waals surface area contributed by atoms with Crippen LogP contribution in [0, 0.1) is 0 Å². The van der Waals surface area contributed by atoms with Crippen LogP contribution in [0.15, 0.2) is 24.3 Å². The molecule has 19 heavy (non-hydrogen) atoms. The first-order valence-electron chi connectivity index (χ1n) is 6.62. The molecule has 0 aliphatic carbocycles. The Labute approximate surface area is 115 Å². The number of ether oxygens (including phenoxy) is 1. The Balaban J connectivity index is 2.59. The second kappa shape index (κ2) is 7.79. The topological polar surface area (TPSA) is 41.6 Å². The van der Waals surface area contributed by atoms with Crippen molar-refractivity contribution in [1.82, 2.24) is 4.90 Å². The zero-order chi connectivity index (χ0) is 14.3. The van der Waals surface area contributed by atoms with Crippen molar-refractivity contribution in [3.63, 3.8) is 0 Å². The minimum atomic E-state index is 0.0940. The number of methoxy groups -OCH3 is 1. The highest BCUT2D eigenvalue weighted by molar-refractivity contribution is 5.81. The summed E-state index contributed by atoms with van der Waals surface area (Å²) in [5.74, 6) is 0.0940. The summed E-state index contributed by atoms with van der Waals surface area (Å²) in [6.07, 6.45) is 0.841. The van der Waals surface area contributed by atoms with Crippen LogP contribution in [0.2, 0.25) is 0 Å². The molecule has 0 aromatic heterocycles. The van der Waals surface area contributed by atoms with Crippen LogP contribution in [0.3, 0.4) is 0 Å². The van der Waals surface area contributed by atoms with Gasteiger partial charge in [-0.1, -0.05) is 18.2 Å². The lowest BCUT2D eigenvalue weighted by Gasteiger charge is -2.22. The predicted octanol–water partition coefficient (Wildman–Crippen LogP) is 2.15. The molecule has 0 bridgehead atoms. The van der Waals surface area contributed by atoms with E-state index in [1.54, 1.807) is 12.0 Å². The highest BCUT2D eigenvalue weighted by Crippen LogP contribution is 2.15. The Kier molecular flexibility index (Phi) is 6.36. The highest BCUT2D eigenvalue weighted by Gasteiger charge is 2.11. The fourth-order valence-electron chi connectivity index (χ4n) is 1.71. The summed E-state index contributed by atoms with van der Waals surface area (Å²) in [4.78, 5) is 13.7. The lowest BCUT2D eigenvalue weighted by Crippen LogP contribution is -2.37. The van der Waals surface area contributed by atoms with Crippen molar-refractivity contribution in [3.05, 3.63) is 29.8 Å². The van der Waals surface area contributed by atoms with E-state index in [0.29, 0.717) is 13.2 Å². The maximum absolute atomic E-state index is 11.9. The Morgan fingerprint density at radius 2 is 2.05 bits per heavy atom. The van der Waals surface area contributed by atoms with Crippen LogP contribution >= 0.6 is 0 Å². The van der Waals surface area contributed by atoms with E-state index in [4.69, 9.17) is 4.74 Å². The van der Waals surface area contributed by atoms with Crippen molar-refractivity contribution in [2.75, 3.05) is 32.6 Å². The minimum Gasteiger partial charge on any atom is -0.384 e. The van der Waals surface area contributed by atoms with Gasteiger partial charge in [-0.05, 0) is 31.9 Å². The van der Waals surface area contributed by atoms with Crippen LogP contribution in [-0.2, 0) is 16.0 Å². The van der Waals surface area contributed by atoms with Crippen LogP contribution in [0.4, 0.5) is 5.69 Å². The number of carbonyl (C=O) groups is 1. The average molecular weight is 264 g/mol. The van der Waals surface area contributed by atoms with E-state index >= 15 is 0 Å². The van der Waals surface area contributed by atoms with Gasteiger partial charge < -0.3 is 15.0 Å². The number of nitrogens with one attached hydrogen (secondary N) is 1. The molecule has 1 N–H and O–H groups in total.